The van der Waals surface area contributed by atoms with Crippen molar-refractivity contribution in [1.29, 1.82) is 0 Å². The molecule has 2 fully saturated rings. The molecule has 2 aliphatic rings. The van der Waals surface area contributed by atoms with E-state index in [0.717, 1.165) is 0 Å². The van der Waals surface area contributed by atoms with E-state index < -0.39 is 28.8 Å². The second kappa shape index (κ2) is 6.76. The van der Waals surface area contributed by atoms with Crippen LogP contribution in [0, 0.1) is 5.82 Å². The number of benzene rings is 1. The smallest absolute Gasteiger partial charge is 0.414 e. The van der Waals surface area contributed by atoms with E-state index in [1.165, 1.54) is 17.9 Å². The Balaban J connectivity index is 1.71. The van der Waals surface area contributed by atoms with Gasteiger partial charge in [0, 0.05) is 30.0 Å². The number of hydrogen-bond acceptors (Lipinski definition) is 5. The lowest BCUT2D eigenvalue weighted by Crippen LogP contribution is -2.33. The average Bonchev–Trinajstić information content (AvgIpc) is 3.11. The first kappa shape index (κ1) is 16.7. The SMILES string of the molecule is CC(=O)NCC1CN(c2ccc(N3CC[S@](=O)C3)c(F)c2)C(=O)O1. The zero-order valence-electron chi connectivity index (χ0n) is 13.2. The predicted octanol–water partition coefficient (Wildman–Crippen LogP) is 0.813. The van der Waals surface area contributed by atoms with Crippen LogP contribution in [0.5, 0.6) is 0 Å². The van der Waals surface area contributed by atoms with E-state index in [1.54, 1.807) is 17.0 Å². The lowest BCUT2D eigenvalue weighted by Gasteiger charge is -2.19. The largest absolute Gasteiger partial charge is 0.442 e. The summed E-state index contributed by atoms with van der Waals surface area (Å²) in [4.78, 5) is 25.9. The molecule has 0 aliphatic carbocycles. The number of carbonyl (C=O) groups excluding carboxylic acids is 2. The molecule has 2 amide bonds. The molecule has 9 heteroatoms. The predicted molar refractivity (Wildman–Crippen MR) is 87.9 cm³/mol. The van der Waals surface area contributed by atoms with Crippen LogP contribution >= 0.6 is 0 Å². The van der Waals surface area contributed by atoms with Crippen LogP contribution < -0.4 is 15.1 Å². The zero-order chi connectivity index (χ0) is 17.3. The van der Waals surface area contributed by atoms with E-state index in [0.29, 0.717) is 29.5 Å². The third-order valence-corrected chi connectivity index (χ3v) is 5.16. The number of hydrogen-bond donors (Lipinski definition) is 1. The maximum Gasteiger partial charge on any atom is 0.414 e. The lowest BCUT2D eigenvalue weighted by molar-refractivity contribution is -0.119. The fraction of sp³-hybridized carbons (Fsp3) is 0.467. The molecular formula is C15H18FN3O4S. The van der Waals surface area contributed by atoms with Crippen LogP contribution in [0.3, 0.4) is 0 Å². The monoisotopic (exact) mass is 355 g/mol. The second-order valence-electron chi connectivity index (χ2n) is 5.73. The molecule has 2 heterocycles. The van der Waals surface area contributed by atoms with Crippen molar-refractivity contribution in [2.24, 2.45) is 0 Å². The highest BCUT2D eigenvalue weighted by Crippen LogP contribution is 2.29. The molecule has 2 aliphatic heterocycles. The highest BCUT2D eigenvalue weighted by molar-refractivity contribution is 7.85. The summed E-state index contributed by atoms with van der Waals surface area (Å²) < 4.78 is 31.0. The minimum Gasteiger partial charge on any atom is -0.442 e. The summed E-state index contributed by atoms with van der Waals surface area (Å²) in [5.41, 5.74) is 0.777. The molecule has 7 nitrogen and oxygen atoms in total. The van der Waals surface area contributed by atoms with E-state index in [-0.39, 0.29) is 19.0 Å². The Hall–Kier alpha value is -2.16. The number of nitrogens with zero attached hydrogens (tertiary/aromatic N) is 2. The molecule has 130 valence electrons. The van der Waals surface area contributed by atoms with Crippen LogP contribution in [-0.2, 0) is 20.3 Å². The summed E-state index contributed by atoms with van der Waals surface area (Å²) in [6.45, 7) is 2.39. The van der Waals surface area contributed by atoms with Crippen LogP contribution in [0.1, 0.15) is 6.92 Å². The summed E-state index contributed by atoms with van der Waals surface area (Å²) in [5, 5.41) is 2.59. The quantitative estimate of drug-likeness (QED) is 0.865. The Labute approximate surface area is 141 Å². The highest BCUT2D eigenvalue weighted by atomic mass is 32.2. The fourth-order valence-electron chi connectivity index (χ4n) is 2.72. The molecule has 1 aromatic rings. The Kier molecular flexibility index (Phi) is 4.70. The number of halogens is 1. The van der Waals surface area contributed by atoms with Crippen molar-refractivity contribution >= 4 is 34.2 Å². The highest BCUT2D eigenvalue weighted by Gasteiger charge is 2.33. The number of cyclic esters (lactones) is 1. The molecule has 0 bridgehead atoms. The van der Waals surface area contributed by atoms with E-state index in [4.69, 9.17) is 4.74 Å². The van der Waals surface area contributed by atoms with Gasteiger partial charge in [-0.2, -0.15) is 0 Å². The molecule has 0 aromatic heterocycles. The summed E-state index contributed by atoms with van der Waals surface area (Å²) >= 11 is 0. The first-order chi connectivity index (χ1) is 11.4. The van der Waals surface area contributed by atoms with Crippen molar-refractivity contribution < 1.29 is 22.9 Å². The van der Waals surface area contributed by atoms with Crippen LogP contribution in [0.4, 0.5) is 20.6 Å². The van der Waals surface area contributed by atoms with Crippen molar-refractivity contribution in [3.63, 3.8) is 0 Å². The van der Waals surface area contributed by atoms with Gasteiger partial charge in [-0.25, -0.2) is 9.18 Å². The molecule has 0 radical (unpaired) electrons. The van der Waals surface area contributed by atoms with Gasteiger partial charge in [0.25, 0.3) is 0 Å². The Morgan fingerprint density at radius 1 is 1.50 bits per heavy atom. The Bertz CT molecular complexity index is 699. The molecule has 1 N–H and O–H groups in total. The number of carbonyl (C=O) groups is 2. The topological polar surface area (TPSA) is 79.0 Å². The zero-order valence-corrected chi connectivity index (χ0v) is 14.0. The molecule has 0 saturated carbocycles. The molecule has 3 rings (SSSR count). The van der Waals surface area contributed by atoms with E-state index in [9.17, 15) is 18.2 Å². The number of ether oxygens (including phenoxy) is 1. The standard InChI is InChI=1S/C15H18FN3O4S/c1-10(20)17-7-12-8-19(15(21)23-12)11-2-3-14(13(16)6-11)18-4-5-24(22)9-18/h2-3,6,12H,4-5,7-9H2,1H3,(H,17,20)/t12?,24-/m0/s1. The third-order valence-electron chi connectivity index (χ3n) is 3.93. The Morgan fingerprint density at radius 2 is 2.29 bits per heavy atom. The van der Waals surface area contributed by atoms with Crippen molar-refractivity contribution in [3.05, 3.63) is 24.0 Å². The number of rotatable bonds is 4. The van der Waals surface area contributed by atoms with Gasteiger partial charge in [-0.15, -0.1) is 0 Å². The van der Waals surface area contributed by atoms with Gasteiger partial charge in [0.2, 0.25) is 5.91 Å². The lowest BCUT2D eigenvalue weighted by atomic mass is 10.2. The van der Waals surface area contributed by atoms with Crippen molar-refractivity contribution in [2.75, 3.05) is 41.1 Å². The minimum atomic E-state index is -0.946. The summed E-state index contributed by atoms with van der Waals surface area (Å²) in [7, 11) is -0.946. The van der Waals surface area contributed by atoms with E-state index in [1.807, 2.05) is 0 Å². The average molecular weight is 355 g/mol. The first-order valence-corrected chi connectivity index (χ1v) is 9.05. The molecule has 2 saturated heterocycles. The van der Waals surface area contributed by atoms with E-state index >= 15 is 0 Å². The molecule has 0 spiro atoms. The molecular weight excluding hydrogens is 337 g/mol. The van der Waals surface area contributed by atoms with E-state index in [2.05, 4.69) is 5.32 Å². The molecule has 1 aromatic carbocycles. The molecule has 1 unspecified atom stereocenters. The third kappa shape index (κ3) is 3.50. The van der Waals surface area contributed by atoms with Gasteiger partial charge in [-0.3, -0.25) is 13.9 Å². The molecule has 2 atom stereocenters. The number of anilines is 2. The maximum atomic E-state index is 14.4. The summed E-state index contributed by atoms with van der Waals surface area (Å²) in [5.74, 6) is 0.179. The summed E-state index contributed by atoms with van der Waals surface area (Å²) in [6, 6.07) is 4.50. The van der Waals surface area contributed by atoms with Crippen LogP contribution in [-0.4, -0.2) is 53.6 Å². The number of amides is 2. The van der Waals surface area contributed by atoms with Crippen LogP contribution in [0.25, 0.3) is 0 Å². The van der Waals surface area contributed by atoms with Gasteiger partial charge in [-0.05, 0) is 18.2 Å². The number of nitrogens with one attached hydrogen (secondary N) is 1. The minimum absolute atomic E-state index is 0.206. The van der Waals surface area contributed by atoms with Crippen LogP contribution in [0.15, 0.2) is 18.2 Å². The Morgan fingerprint density at radius 3 is 2.92 bits per heavy atom. The van der Waals surface area contributed by atoms with Gasteiger partial charge in [0.15, 0.2) is 0 Å². The summed E-state index contributed by atoms with van der Waals surface area (Å²) in [6.07, 6.45) is -1.04. The van der Waals surface area contributed by atoms with Gasteiger partial charge in [0.05, 0.1) is 30.3 Å². The van der Waals surface area contributed by atoms with Gasteiger partial charge >= 0.3 is 6.09 Å². The maximum absolute atomic E-state index is 14.4. The van der Waals surface area contributed by atoms with Crippen molar-refractivity contribution in [3.8, 4) is 0 Å². The second-order valence-corrected chi connectivity index (χ2v) is 7.27. The normalized spacial score (nSPS) is 23.5. The van der Waals surface area contributed by atoms with Gasteiger partial charge < -0.3 is 15.0 Å². The van der Waals surface area contributed by atoms with Gasteiger partial charge in [0.1, 0.15) is 11.9 Å². The fourth-order valence-corrected chi connectivity index (χ4v) is 3.89. The molecule has 24 heavy (non-hydrogen) atoms. The van der Waals surface area contributed by atoms with Gasteiger partial charge in [-0.1, -0.05) is 0 Å². The van der Waals surface area contributed by atoms with Crippen LogP contribution in [0.2, 0.25) is 0 Å². The van der Waals surface area contributed by atoms with Crippen molar-refractivity contribution in [2.45, 2.75) is 13.0 Å². The van der Waals surface area contributed by atoms with Crippen molar-refractivity contribution in [1.82, 2.24) is 5.32 Å². The first-order valence-electron chi connectivity index (χ1n) is 7.56.